The number of nitrogens with zero attached hydrogens (tertiary/aromatic N) is 6. The van der Waals surface area contributed by atoms with Crippen LogP contribution in [0.3, 0.4) is 0 Å². The van der Waals surface area contributed by atoms with Gasteiger partial charge in [0.25, 0.3) is 0 Å². The summed E-state index contributed by atoms with van der Waals surface area (Å²) < 4.78 is 105. The van der Waals surface area contributed by atoms with E-state index in [1.807, 2.05) is 0 Å². The molecule has 0 aliphatic heterocycles. The lowest BCUT2D eigenvalue weighted by Gasteiger charge is -2.14. The van der Waals surface area contributed by atoms with Gasteiger partial charge in [0.05, 0.1) is 34.6 Å². The van der Waals surface area contributed by atoms with E-state index in [1.165, 1.54) is 78.0 Å². The standard InChI is InChI=1S/C17H11ClF3N3O3.C17H11F4N3O3/c2*18-12-2-1-11(13(8-12)17(19,20)21)9-27-15-4-6-23-24(15)14-7-10(16(25)26)3-5-22-14/h2*1-8H,9H2,(H,25,26). The predicted octanol–water partition coefficient (Wildman–Crippen LogP) is 7.92. The number of halogens is 8. The minimum absolute atomic E-state index is 0.0153. The minimum atomic E-state index is -4.74. The van der Waals surface area contributed by atoms with E-state index >= 15 is 0 Å². The Morgan fingerprint density at radius 1 is 0.630 bits per heavy atom. The highest BCUT2D eigenvalue weighted by Gasteiger charge is 2.35. The summed E-state index contributed by atoms with van der Waals surface area (Å²) in [7, 11) is 0. The molecule has 2 N–H and O–H groups in total. The van der Waals surface area contributed by atoms with Gasteiger partial charge >= 0.3 is 24.3 Å². The topological polar surface area (TPSA) is 154 Å². The number of rotatable bonds is 10. The highest BCUT2D eigenvalue weighted by atomic mass is 35.5. The van der Waals surface area contributed by atoms with Crippen LogP contribution in [-0.2, 0) is 25.6 Å². The zero-order valence-electron chi connectivity index (χ0n) is 26.9. The van der Waals surface area contributed by atoms with E-state index in [2.05, 4.69) is 20.2 Å². The fraction of sp³-hybridized carbons (Fsp3) is 0.118. The fourth-order valence-electron chi connectivity index (χ4n) is 4.66. The van der Waals surface area contributed by atoms with Crippen LogP contribution >= 0.6 is 11.6 Å². The van der Waals surface area contributed by atoms with Crippen LogP contribution in [0.15, 0.2) is 97.6 Å². The van der Waals surface area contributed by atoms with E-state index in [1.54, 1.807) is 0 Å². The van der Waals surface area contributed by atoms with Crippen molar-refractivity contribution in [1.82, 2.24) is 29.5 Å². The number of alkyl halides is 6. The maximum atomic E-state index is 13.2. The summed E-state index contributed by atoms with van der Waals surface area (Å²) >= 11 is 5.66. The summed E-state index contributed by atoms with van der Waals surface area (Å²) in [6.45, 7) is -0.893. The maximum Gasteiger partial charge on any atom is 0.416 e. The van der Waals surface area contributed by atoms with Crippen LogP contribution in [0, 0.1) is 5.82 Å². The number of hydrogen-bond donors (Lipinski definition) is 2. The van der Waals surface area contributed by atoms with Gasteiger partial charge < -0.3 is 19.7 Å². The molecule has 0 fully saturated rings. The molecule has 4 heterocycles. The van der Waals surface area contributed by atoms with E-state index in [9.17, 15) is 40.3 Å². The molecular weight excluding hydrogens is 757 g/mol. The summed E-state index contributed by atoms with van der Waals surface area (Å²) in [5.41, 5.74) is -2.46. The molecule has 0 saturated carbocycles. The van der Waals surface area contributed by atoms with Gasteiger partial charge in [0.15, 0.2) is 11.6 Å². The average molecular weight is 779 g/mol. The van der Waals surface area contributed by atoms with E-state index in [0.29, 0.717) is 6.07 Å². The monoisotopic (exact) mass is 778 g/mol. The molecule has 20 heteroatoms. The number of hydrogen-bond acceptors (Lipinski definition) is 8. The predicted molar refractivity (Wildman–Crippen MR) is 173 cm³/mol. The number of carboxylic acids is 2. The normalized spacial score (nSPS) is 11.4. The third-order valence-corrected chi connectivity index (χ3v) is 7.38. The van der Waals surface area contributed by atoms with Crippen LogP contribution in [-0.4, -0.2) is 51.7 Å². The summed E-state index contributed by atoms with van der Waals surface area (Å²) in [6, 6.07) is 13.6. The molecule has 54 heavy (non-hydrogen) atoms. The molecule has 12 nitrogen and oxygen atoms in total. The first-order valence-corrected chi connectivity index (χ1v) is 15.3. The quantitative estimate of drug-likeness (QED) is 0.131. The van der Waals surface area contributed by atoms with Crippen molar-refractivity contribution in [3.8, 4) is 23.4 Å². The average Bonchev–Trinajstić information content (AvgIpc) is 3.80. The van der Waals surface area contributed by atoms with Crippen LogP contribution in [0.5, 0.6) is 11.8 Å². The lowest BCUT2D eigenvalue weighted by Crippen LogP contribution is -2.12. The second-order valence-electron chi connectivity index (χ2n) is 10.8. The number of ether oxygens (including phenoxy) is 2. The number of carboxylic acid groups (broad SMARTS) is 2. The lowest BCUT2D eigenvalue weighted by molar-refractivity contribution is -0.139. The van der Waals surface area contributed by atoms with E-state index in [-0.39, 0.29) is 50.7 Å². The van der Waals surface area contributed by atoms with Crippen molar-refractivity contribution in [1.29, 1.82) is 0 Å². The number of aromatic nitrogens is 6. The van der Waals surface area contributed by atoms with Gasteiger partial charge in [0.1, 0.15) is 19.0 Å². The Morgan fingerprint density at radius 2 is 1.07 bits per heavy atom. The van der Waals surface area contributed by atoms with Gasteiger partial charge in [-0.2, -0.15) is 45.9 Å². The molecule has 0 bridgehead atoms. The SMILES string of the molecule is O=C(O)c1ccnc(-n2nccc2OCc2ccc(Cl)cc2C(F)(F)F)c1.O=C(O)c1ccnc(-n2nccc2OCc2ccc(F)cc2C(F)(F)F)c1. The molecular formula is C34H22ClF7N6O6. The molecule has 2 aromatic carbocycles. The summed E-state index contributed by atoms with van der Waals surface area (Å²) in [5.74, 6) is -2.91. The Hall–Kier alpha value is -6.50. The van der Waals surface area contributed by atoms with Crippen LogP contribution in [0.25, 0.3) is 11.6 Å². The molecule has 6 rings (SSSR count). The van der Waals surface area contributed by atoms with Crippen molar-refractivity contribution in [3.63, 3.8) is 0 Å². The summed E-state index contributed by atoms with van der Waals surface area (Å²) in [6.07, 6.45) is -4.10. The Morgan fingerprint density at radius 3 is 1.52 bits per heavy atom. The van der Waals surface area contributed by atoms with Crippen LogP contribution in [0.2, 0.25) is 5.02 Å². The molecule has 0 spiro atoms. The first kappa shape index (κ1) is 38.7. The molecule has 280 valence electrons. The Bertz CT molecular complexity index is 2130. The van der Waals surface area contributed by atoms with Gasteiger partial charge in [0, 0.05) is 40.7 Å². The molecule has 0 aliphatic carbocycles. The number of benzene rings is 2. The molecule has 0 saturated heterocycles. The van der Waals surface area contributed by atoms with Crippen molar-refractivity contribution in [3.05, 3.63) is 142 Å². The Labute approximate surface area is 303 Å². The van der Waals surface area contributed by atoms with Crippen molar-refractivity contribution < 1.29 is 60.0 Å². The molecule has 0 aliphatic rings. The number of carbonyl (C=O) groups is 2. The molecule has 4 aromatic heterocycles. The molecule has 6 aromatic rings. The van der Waals surface area contributed by atoms with Crippen LogP contribution in [0.4, 0.5) is 30.7 Å². The maximum absolute atomic E-state index is 13.2. The van der Waals surface area contributed by atoms with Gasteiger partial charge in [-0.05, 0) is 48.5 Å². The van der Waals surface area contributed by atoms with E-state index in [0.717, 1.165) is 22.9 Å². The van der Waals surface area contributed by atoms with E-state index < -0.39 is 54.4 Å². The highest BCUT2D eigenvalue weighted by molar-refractivity contribution is 6.30. The van der Waals surface area contributed by atoms with Crippen molar-refractivity contribution >= 4 is 23.5 Å². The zero-order chi connectivity index (χ0) is 39.2. The third kappa shape index (κ3) is 9.48. The van der Waals surface area contributed by atoms with Crippen molar-refractivity contribution in [2.24, 2.45) is 0 Å². The van der Waals surface area contributed by atoms with Gasteiger partial charge in [-0.1, -0.05) is 23.7 Å². The summed E-state index contributed by atoms with van der Waals surface area (Å²) in [5, 5.41) is 26.0. The molecule has 0 unspecified atom stereocenters. The van der Waals surface area contributed by atoms with Crippen molar-refractivity contribution in [2.75, 3.05) is 0 Å². The van der Waals surface area contributed by atoms with Gasteiger partial charge in [-0.15, -0.1) is 0 Å². The van der Waals surface area contributed by atoms with Gasteiger partial charge in [0.2, 0.25) is 11.8 Å². The molecule has 0 amide bonds. The third-order valence-electron chi connectivity index (χ3n) is 7.14. The van der Waals surface area contributed by atoms with Crippen LogP contribution < -0.4 is 9.47 Å². The number of pyridine rings is 2. The van der Waals surface area contributed by atoms with E-state index in [4.69, 9.17) is 31.3 Å². The number of aromatic carboxylic acids is 2. The van der Waals surface area contributed by atoms with Gasteiger partial charge in [-0.3, -0.25) is 0 Å². The first-order valence-electron chi connectivity index (χ1n) is 15.0. The fourth-order valence-corrected chi connectivity index (χ4v) is 4.83. The largest absolute Gasteiger partial charge is 0.478 e. The Balaban J connectivity index is 0.000000208. The summed E-state index contributed by atoms with van der Waals surface area (Å²) in [4.78, 5) is 30.1. The van der Waals surface area contributed by atoms with Gasteiger partial charge in [-0.25, -0.2) is 23.9 Å². The smallest absolute Gasteiger partial charge is 0.416 e. The molecule has 0 atom stereocenters. The zero-order valence-corrected chi connectivity index (χ0v) is 27.6. The van der Waals surface area contributed by atoms with Crippen LogP contribution in [0.1, 0.15) is 43.0 Å². The molecule has 0 radical (unpaired) electrons. The first-order chi connectivity index (χ1) is 25.5. The second kappa shape index (κ2) is 16.0. The second-order valence-corrected chi connectivity index (χ2v) is 11.2. The highest BCUT2D eigenvalue weighted by Crippen LogP contribution is 2.35. The Kier molecular flexibility index (Phi) is 11.5. The van der Waals surface area contributed by atoms with Crippen molar-refractivity contribution in [2.45, 2.75) is 25.6 Å². The lowest BCUT2D eigenvalue weighted by atomic mass is 10.1. The minimum Gasteiger partial charge on any atom is -0.478 e.